The summed E-state index contributed by atoms with van der Waals surface area (Å²) in [6, 6.07) is 0. The van der Waals surface area contributed by atoms with Gasteiger partial charge in [0.2, 0.25) is 0 Å². The molecule has 0 aliphatic heterocycles. The summed E-state index contributed by atoms with van der Waals surface area (Å²) in [6.45, 7) is 11.2. The standard InChI is InChI=1S/C25H36O6/c1-7-12(2)22(29)31-21-13(3)10-24-14(4)8-17-18(23(17,5)6)16(20(24)28)9-15(11-26)19(27)25(21,24)30/h9-10,12,14,16-19,21,26-27,30H,7-8,11H2,1-6H3/t12-,14-,16+,17-,18+,19-,21+,24-,25+/m1/s1. The highest BCUT2D eigenvalue weighted by atomic mass is 16.6. The summed E-state index contributed by atoms with van der Waals surface area (Å²) in [5.41, 5.74) is -2.64. The fourth-order valence-corrected chi connectivity index (χ4v) is 6.99. The zero-order chi connectivity index (χ0) is 23.1. The summed E-state index contributed by atoms with van der Waals surface area (Å²) in [5, 5.41) is 33.7. The lowest BCUT2D eigenvalue weighted by molar-refractivity contribution is -0.205. The van der Waals surface area contributed by atoms with Gasteiger partial charge in [0.15, 0.2) is 17.5 Å². The van der Waals surface area contributed by atoms with Gasteiger partial charge in [-0.2, -0.15) is 0 Å². The Morgan fingerprint density at radius 1 is 1.35 bits per heavy atom. The summed E-state index contributed by atoms with van der Waals surface area (Å²) in [5.74, 6) is -1.30. The highest BCUT2D eigenvalue weighted by Crippen LogP contribution is 2.71. The fourth-order valence-electron chi connectivity index (χ4n) is 6.99. The maximum absolute atomic E-state index is 14.2. The summed E-state index contributed by atoms with van der Waals surface area (Å²) >= 11 is 0. The quantitative estimate of drug-likeness (QED) is 0.466. The van der Waals surface area contributed by atoms with Crippen molar-refractivity contribution >= 4 is 11.8 Å². The van der Waals surface area contributed by atoms with E-state index in [-0.39, 0.29) is 34.5 Å². The molecule has 4 aliphatic carbocycles. The molecule has 9 atom stereocenters. The van der Waals surface area contributed by atoms with Crippen molar-refractivity contribution in [3.05, 3.63) is 23.3 Å². The summed E-state index contributed by atoms with van der Waals surface area (Å²) < 4.78 is 5.79. The Morgan fingerprint density at radius 2 is 2.00 bits per heavy atom. The first-order valence-corrected chi connectivity index (χ1v) is 11.6. The third-order valence-electron chi connectivity index (χ3n) is 9.15. The molecule has 0 heterocycles. The molecule has 0 unspecified atom stereocenters. The van der Waals surface area contributed by atoms with Crippen LogP contribution in [-0.4, -0.2) is 51.5 Å². The van der Waals surface area contributed by atoms with E-state index in [2.05, 4.69) is 13.8 Å². The predicted molar refractivity (Wildman–Crippen MR) is 115 cm³/mol. The molecule has 31 heavy (non-hydrogen) atoms. The van der Waals surface area contributed by atoms with E-state index in [1.54, 1.807) is 26.0 Å². The van der Waals surface area contributed by atoms with Gasteiger partial charge in [-0.15, -0.1) is 0 Å². The van der Waals surface area contributed by atoms with Crippen LogP contribution in [0.25, 0.3) is 0 Å². The van der Waals surface area contributed by atoms with Crippen molar-refractivity contribution in [2.75, 3.05) is 6.61 Å². The summed E-state index contributed by atoms with van der Waals surface area (Å²) in [6.07, 6.45) is 2.11. The number of hydrogen-bond acceptors (Lipinski definition) is 6. The largest absolute Gasteiger partial charge is 0.454 e. The molecule has 0 saturated heterocycles. The second-order valence-electron chi connectivity index (χ2n) is 11.0. The number of ketones is 1. The average molecular weight is 433 g/mol. The minimum absolute atomic E-state index is 0.0134. The van der Waals surface area contributed by atoms with Gasteiger partial charge in [-0.3, -0.25) is 9.59 Å². The SMILES string of the molecule is CC[C@@H](C)C(=O)O[C@H]1C(C)=C[C@@]23C(=O)[C@@H](C=C(CO)[C@@H](O)[C@]12O)[C@H]1[C@@H](C[C@H]3C)C1(C)C. The number of carbonyl (C=O) groups excluding carboxylic acids is 2. The lowest BCUT2D eigenvalue weighted by Gasteiger charge is -2.48. The van der Waals surface area contributed by atoms with Crippen LogP contribution in [0.1, 0.15) is 54.4 Å². The molecule has 3 N–H and O–H groups in total. The highest BCUT2D eigenvalue weighted by molar-refractivity contribution is 5.95. The van der Waals surface area contributed by atoms with Gasteiger partial charge in [0.05, 0.1) is 17.9 Å². The van der Waals surface area contributed by atoms with Gasteiger partial charge in [-0.25, -0.2) is 0 Å². The predicted octanol–water partition coefficient (Wildman–Crippen LogP) is 2.41. The summed E-state index contributed by atoms with van der Waals surface area (Å²) in [7, 11) is 0. The first-order valence-electron chi connectivity index (χ1n) is 11.6. The smallest absolute Gasteiger partial charge is 0.309 e. The zero-order valence-electron chi connectivity index (χ0n) is 19.4. The Kier molecular flexibility index (Phi) is 5.12. The maximum atomic E-state index is 14.2. The Bertz CT molecular complexity index is 871. The lowest BCUT2D eigenvalue weighted by atomic mass is 9.59. The van der Waals surface area contributed by atoms with Crippen molar-refractivity contribution in [3.63, 3.8) is 0 Å². The molecule has 4 aliphatic rings. The van der Waals surface area contributed by atoms with Crippen LogP contribution in [0.2, 0.25) is 0 Å². The first kappa shape index (κ1) is 22.7. The zero-order valence-corrected chi connectivity index (χ0v) is 19.4. The Labute approximate surface area is 184 Å². The van der Waals surface area contributed by atoms with Crippen LogP contribution >= 0.6 is 0 Å². The van der Waals surface area contributed by atoms with Crippen LogP contribution in [0.3, 0.4) is 0 Å². The molecule has 0 aromatic rings. The summed E-state index contributed by atoms with van der Waals surface area (Å²) in [4.78, 5) is 26.9. The van der Waals surface area contributed by atoms with Gasteiger partial charge in [0, 0.05) is 5.92 Å². The molecule has 6 heteroatoms. The molecule has 0 radical (unpaired) electrons. The topological polar surface area (TPSA) is 104 Å². The number of ether oxygens (including phenoxy) is 1. The molecular weight excluding hydrogens is 396 g/mol. The van der Waals surface area contributed by atoms with Crippen molar-refractivity contribution in [3.8, 4) is 0 Å². The highest BCUT2D eigenvalue weighted by Gasteiger charge is 2.76. The van der Waals surface area contributed by atoms with Crippen molar-refractivity contribution in [2.45, 2.75) is 72.2 Å². The number of carbonyl (C=O) groups is 2. The number of aliphatic hydroxyl groups excluding tert-OH is 2. The molecule has 0 aromatic carbocycles. The van der Waals surface area contributed by atoms with Crippen molar-refractivity contribution < 1.29 is 29.6 Å². The Balaban J connectivity index is 1.89. The molecule has 6 nitrogen and oxygen atoms in total. The first-order chi connectivity index (χ1) is 14.4. The number of hydrogen-bond donors (Lipinski definition) is 3. The minimum Gasteiger partial charge on any atom is -0.454 e. The van der Waals surface area contributed by atoms with Crippen LogP contribution in [0, 0.1) is 40.4 Å². The number of fused-ring (bicyclic) bond motifs is 3. The minimum atomic E-state index is -2.05. The average Bonchev–Trinajstić information content (AvgIpc) is 3.21. The molecule has 0 aromatic heterocycles. The van der Waals surface area contributed by atoms with E-state index in [4.69, 9.17) is 4.74 Å². The van der Waals surface area contributed by atoms with Crippen LogP contribution < -0.4 is 0 Å². The Morgan fingerprint density at radius 3 is 2.58 bits per heavy atom. The molecule has 2 saturated carbocycles. The van der Waals surface area contributed by atoms with E-state index in [1.807, 2.05) is 13.8 Å². The molecule has 172 valence electrons. The fraction of sp³-hybridized carbons (Fsp3) is 0.760. The van der Waals surface area contributed by atoms with E-state index in [1.165, 1.54) is 0 Å². The second kappa shape index (κ2) is 7.00. The maximum Gasteiger partial charge on any atom is 0.309 e. The van der Waals surface area contributed by atoms with E-state index >= 15 is 0 Å². The van der Waals surface area contributed by atoms with Gasteiger partial charge in [0.25, 0.3) is 0 Å². The molecule has 0 amide bonds. The van der Waals surface area contributed by atoms with E-state index < -0.39 is 41.7 Å². The van der Waals surface area contributed by atoms with E-state index in [9.17, 15) is 24.9 Å². The number of allylic oxidation sites excluding steroid dienone is 1. The van der Waals surface area contributed by atoms with Gasteiger partial charge in [-0.05, 0) is 54.1 Å². The van der Waals surface area contributed by atoms with Crippen molar-refractivity contribution in [1.82, 2.24) is 0 Å². The van der Waals surface area contributed by atoms with Crippen LogP contribution in [-0.2, 0) is 14.3 Å². The van der Waals surface area contributed by atoms with Crippen LogP contribution in [0.4, 0.5) is 0 Å². The lowest BCUT2D eigenvalue weighted by Crippen LogP contribution is -2.66. The number of Topliss-reactive ketones (excluding diaryl/α,β-unsaturated/α-hetero) is 1. The molecule has 2 fully saturated rings. The number of esters is 1. The molecular formula is C25H36O6. The van der Waals surface area contributed by atoms with Crippen molar-refractivity contribution in [1.29, 1.82) is 0 Å². The van der Waals surface area contributed by atoms with E-state index in [0.717, 1.165) is 6.42 Å². The van der Waals surface area contributed by atoms with Crippen LogP contribution in [0.15, 0.2) is 23.3 Å². The van der Waals surface area contributed by atoms with Crippen molar-refractivity contribution in [2.24, 2.45) is 40.4 Å². The third-order valence-corrected chi connectivity index (χ3v) is 9.15. The monoisotopic (exact) mass is 432 g/mol. The van der Waals surface area contributed by atoms with Gasteiger partial charge in [0.1, 0.15) is 6.10 Å². The van der Waals surface area contributed by atoms with Gasteiger partial charge >= 0.3 is 5.97 Å². The third kappa shape index (κ3) is 2.67. The van der Waals surface area contributed by atoms with Gasteiger partial charge in [-0.1, -0.05) is 46.8 Å². The molecule has 4 rings (SSSR count). The number of rotatable bonds is 4. The number of aliphatic hydroxyl groups is 3. The van der Waals surface area contributed by atoms with Crippen LogP contribution in [0.5, 0.6) is 0 Å². The molecule has 1 spiro atoms. The Hall–Kier alpha value is -1.50. The molecule has 2 bridgehead atoms. The normalized spacial score (nSPS) is 46.0. The van der Waals surface area contributed by atoms with Gasteiger partial charge < -0.3 is 20.1 Å². The van der Waals surface area contributed by atoms with E-state index in [0.29, 0.717) is 17.9 Å². The second-order valence-corrected chi connectivity index (χ2v) is 11.0.